The van der Waals surface area contributed by atoms with E-state index in [1.165, 1.54) is 18.1 Å². The van der Waals surface area contributed by atoms with Crippen LogP contribution in [0.25, 0.3) is 5.82 Å². The molecule has 0 aliphatic carbocycles. The number of carbonyl (C=O) groups is 1. The van der Waals surface area contributed by atoms with Gasteiger partial charge in [0.2, 0.25) is 6.10 Å². The van der Waals surface area contributed by atoms with E-state index < -0.39 is 25.0 Å². The van der Waals surface area contributed by atoms with Crippen LogP contribution in [-0.2, 0) is 28.9 Å². The molecule has 0 spiro atoms. The van der Waals surface area contributed by atoms with Crippen molar-refractivity contribution in [1.82, 2.24) is 19.7 Å². The number of likely N-dealkylation sites (tertiary alicyclic amines) is 1. The Labute approximate surface area is 222 Å². The summed E-state index contributed by atoms with van der Waals surface area (Å²) in [5, 5.41) is 4.69. The van der Waals surface area contributed by atoms with Crippen molar-refractivity contribution in [3.8, 4) is 11.6 Å². The Morgan fingerprint density at radius 1 is 1.13 bits per heavy atom. The minimum Gasteiger partial charge on any atom is -0.497 e. The average molecular weight is 549 g/mol. The third-order valence-electron chi connectivity index (χ3n) is 7.04. The van der Waals surface area contributed by atoms with Crippen molar-refractivity contribution in [2.75, 3.05) is 26.8 Å². The first-order valence-electron chi connectivity index (χ1n) is 12.7. The minimum atomic E-state index is -4.77. The summed E-state index contributed by atoms with van der Waals surface area (Å²) in [4.78, 5) is 18.1. The van der Waals surface area contributed by atoms with Crippen LogP contribution in [0.3, 0.4) is 0 Å². The fourth-order valence-corrected chi connectivity index (χ4v) is 4.87. The van der Waals surface area contributed by atoms with Crippen LogP contribution in [0.1, 0.15) is 41.3 Å². The number of rotatable bonds is 7. The lowest BCUT2D eigenvalue weighted by molar-refractivity contribution is -0.220. The summed E-state index contributed by atoms with van der Waals surface area (Å²) in [5.41, 5.74) is 3.26. The second-order valence-electron chi connectivity index (χ2n) is 9.65. The molecule has 2 aromatic heterocycles. The highest BCUT2D eigenvalue weighted by atomic mass is 19.4. The lowest BCUT2D eigenvalue weighted by Gasteiger charge is -2.32. The number of hydrogen-bond acceptors (Lipinski definition) is 6. The fourth-order valence-electron chi connectivity index (χ4n) is 4.87. The van der Waals surface area contributed by atoms with Crippen molar-refractivity contribution in [3.05, 3.63) is 70.9 Å². The van der Waals surface area contributed by atoms with Crippen LogP contribution in [0, 0.1) is 5.82 Å². The molecule has 3 aromatic rings. The molecule has 0 N–H and O–H groups in total. The van der Waals surface area contributed by atoms with Gasteiger partial charge in [-0.15, -0.1) is 0 Å². The van der Waals surface area contributed by atoms with Crippen LogP contribution >= 0.6 is 0 Å². The Bertz CT molecular complexity index is 1300. The maximum absolute atomic E-state index is 13.6. The number of halogens is 4. The Morgan fingerprint density at radius 3 is 2.56 bits per heavy atom. The standard InChI is InChI=1S/C27H28F4N4O4/c1-37-22-6-2-17(3-7-22)15-38-16-24(27(29,30)31)39-26(36)34-10-8-18(9-11-34)23-13-21-5-4-19-12-20(28)14-32-25(19)35(21)33-23/h2-3,6-7,12-14,18,24H,4-5,8-11,15-16H2,1H3. The van der Waals surface area contributed by atoms with E-state index in [-0.39, 0.29) is 31.4 Å². The Hall–Kier alpha value is -3.67. The molecule has 39 heavy (non-hydrogen) atoms. The number of fused-ring (bicyclic) bond motifs is 3. The van der Waals surface area contributed by atoms with Gasteiger partial charge < -0.3 is 19.1 Å². The summed E-state index contributed by atoms with van der Waals surface area (Å²) in [6, 6.07) is 10.2. The number of pyridine rings is 1. The second kappa shape index (κ2) is 11.2. The Morgan fingerprint density at radius 2 is 1.87 bits per heavy atom. The molecular weight excluding hydrogens is 520 g/mol. The summed E-state index contributed by atoms with van der Waals surface area (Å²) in [6.45, 7) is -0.396. The summed E-state index contributed by atoms with van der Waals surface area (Å²) in [5.74, 6) is 0.871. The molecule has 1 atom stereocenters. The molecule has 208 valence electrons. The maximum atomic E-state index is 13.6. The normalized spacial score (nSPS) is 16.4. The minimum absolute atomic E-state index is 0.0299. The molecule has 1 saturated heterocycles. The molecule has 2 aliphatic heterocycles. The van der Waals surface area contributed by atoms with E-state index in [4.69, 9.17) is 14.2 Å². The maximum Gasteiger partial charge on any atom is 0.427 e. The molecule has 1 fully saturated rings. The quantitative estimate of drug-likeness (QED) is 0.388. The first-order chi connectivity index (χ1) is 18.7. The highest BCUT2D eigenvalue weighted by Gasteiger charge is 2.44. The predicted molar refractivity (Wildman–Crippen MR) is 131 cm³/mol. The van der Waals surface area contributed by atoms with Gasteiger partial charge in [-0.25, -0.2) is 18.9 Å². The van der Waals surface area contributed by atoms with Gasteiger partial charge in [0.25, 0.3) is 0 Å². The van der Waals surface area contributed by atoms with Crippen molar-refractivity contribution < 1.29 is 36.6 Å². The van der Waals surface area contributed by atoms with Gasteiger partial charge in [-0.05, 0) is 55.5 Å². The van der Waals surface area contributed by atoms with Gasteiger partial charge >= 0.3 is 12.3 Å². The smallest absolute Gasteiger partial charge is 0.427 e. The lowest BCUT2D eigenvalue weighted by atomic mass is 9.93. The molecule has 2 aliphatic rings. The highest BCUT2D eigenvalue weighted by Crippen LogP contribution is 2.32. The molecular formula is C27H28F4N4O4. The first-order valence-corrected chi connectivity index (χ1v) is 12.7. The lowest BCUT2D eigenvalue weighted by Crippen LogP contribution is -2.44. The zero-order chi connectivity index (χ0) is 27.6. The van der Waals surface area contributed by atoms with E-state index in [1.54, 1.807) is 28.9 Å². The zero-order valence-corrected chi connectivity index (χ0v) is 21.3. The van der Waals surface area contributed by atoms with Gasteiger partial charge in [-0.3, -0.25) is 0 Å². The van der Waals surface area contributed by atoms with E-state index in [2.05, 4.69) is 10.1 Å². The topological polar surface area (TPSA) is 78.7 Å². The van der Waals surface area contributed by atoms with E-state index in [1.807, 2.05) is 6.07 Å². The number of benzene rings is 1. The molecule has 12 heteroatoms. The van der Waals surface area contributed by atoms with Gasteiger partial charge in [0, 0.05) is 30.3 Å². The average Bonchev–Trinajstić information content (AvgIpc) is 3.37. The molecule has 0 radical (unpaired) electrons. The van der Waals surface area contributed by atoms with Crippen molar-refractivity contribution in [2.45, 2.75) is 50.5 Å². The van der Waals surface area contributed by atoms with Crippen molar-refractivity contribution in [2.24, 2.45) is 0 Å². The second-order valence-corrected chi connectivity index (χ2v) is 9.65. The number of nitrogens with zero attached hydrogens (tertiary/aromatic N) is 4. The van der Waals surface area contributed by atoms with Gasteiger partial charge in [-0.2, -0.15) is 18.3 Å². The van der Waals surface area contributed by atoms with Crippen molar-refractivity contribution in [3.63, 3.8) is 0 Å². The third kappa shape index (κ3) is 6.16. The molecule has 0 bridgehead atoms. The van der Waals surface area contributed by atoms with Crippen molar-refractivity contribution >= 4 is 6.09 Å². The van der Waals surface area contributed by atoms with E-state index in [0.29, 0.717) is 42.8 Å². The number of methoxy groups -OCH3 is 1. The number of piperidine rings is 1. The summed E-state index contributed by atoms with van der Waals surface area (Å²) < 4.78 is 71.1. The van der Waals surface area contributed by atoms with E-state index in [0.717, 1.165) is 23.1 Å². The van der Waals surface area contributed by atoms with Crippen LogP contribution in [0.15, 0.2) is 42.6 Å². The first kappa shape index (κ1) is 26.9. The number of aryl methyl sites for hydroxylation is 2. The molecule has 5 rings (SSSR count). The molecule has 1 amide bonds. The van der Waals surface area contributed by atoms with Gasteiger partial charge in [-0.1, -0.05) is 12.1 Å². The molecule has 1 aromatic carbocycles. The Balaban J connectivity index is 1.15. The fraction of sp³-hybridized carbons (Fsp3) is 0.444. The van der Waals surface area contributed by atoms with Gasteiger partial charge in [0.1, 0.15) is 11.6 Å². The highest BCUT2D eigenvalue weighted by molar-refractivity contribution is 5.68. The molecule has 0 saturated carbocycles. The zero-order valence-electron chi connectivity index (χ0n) is 21.3. The van der Waals surface area contributed by atoms with Crippen LogP contribution in [-0.4, -0.2) is 64.8 Å². The number of alkyl halides is 3. The monoisotopic (exact) mass is 548 g/mol. The van der Waals surface area contributed by atoms with Gasteiger partial charge in [0.15, 0.2) is 5.82 Å². The molecule has 1 unspecified atom stereocenters. The van der Waals surface area contributed by atoms with Crippen molar-refractivity contribution in [1.29, 1.82) is 0 Å². The predicted octanol–water partition coefficient (Wildman–Crippen LogP) is 4.98. The van der Waals surface area contributed by atoms with Crippen LogP contribution in [0.4, 0.5) is 22.4 Å². The van der Waals surface area contributed by atoms with E-state index >= 15 is 0 Å². The summed E-state index contributed by atoms with van der Waals surface area (Å²) >= 11 is 0. The summed E-state index contributed by atoms with van der Waals surface area (Å²) in [6.07, 6.45) is -4.57. The van der Waals surface area contributed by atoms with Crippen LogP contribution in [0.5, 0.6) is 5.75 Å². The van der Waals surface area contributed by atoms with Crippen LogP contribution < -0.4 is 4.74 Å². The largest absolute Gasteiger partial charge is 0.497 e. The number of ether oxygens (including phenoxy) is 3. The van der Waals surface area contributed by atoms with Crippen LogP contribution in [0.2, 0.25) is 0 Å². The number of amides is 1. The number of hydrogen-bond donors (Lipinski definition) is 0. The van der Waals surface area contributed by atoms with E-state index in [9.17, 15) is 22.4 Å². The number of aromatic nitrogens is 3. The molecule has 4 heterocycles. The third-order valence-corrected chi connectivity index (χ3v) is 7.04. The number of carbonyl (C=O) groups excluding carboxylic acids is 1. The summed E-state index contributed by atoms with van der Waals surface area (Å²) in [7, 11) is 1.52. The Kier molecular flexibility index (Phi) is 7.74. The SMILES string of the molecule is COc1ccc(COCC(OC(=O)N2CCC(c3cc4n(n3)-c3ncc(F)cc3CC4)CC2)C(F)(F)F)cc1. The molecule has 8 nitrogen and oxygen atoms in total. The van der Waals surface area contributed by atoms with Gasteiger partial charge in [0.05, 0.1) is 32.2 Å².